The van der Waals surface area contributed by atoms with Gasteiger partial charge >= 0.3 is 0 Å². The maximum absolute atomic E-state index is 4.52. The number of fused-ring (bicyclic) bond motifs is 1. The summed E-state index contributed by atoms with van der Waals surface area (Å²) in [6.45, 7) is 3.53. The first-order valence-corrected chi connectivity index (χ1v) is 6.48. The lowest BCUT2D eigenvalue weighted by Crippen LogP contribution is -2.29. The Labute approximate surface area is 102 Å². The molecule has 1 aliphatic heterocycles. The van der Waals surface area contributed by atoms with Crippen molar-refractivity contribution >= 4 is 10.9 Å². The minimum absolute atomic E-state index is 1.05. The molecule has 2 heteroatoms. The average Bonchev–Trinajstić information content (AvgIpc) is 2.40. The zero-order chi connectivity index (χ0) is 11.5. The molecule has 0 N–H and O–H groups in total. The molecule has 17 heavy (non-hydrogen) atoms. The van der Waals surface area contributed by atoms with Crippen LogP contribution < -0.4 is 0 Å². The van der Waals surface area contributed by atoms with Gasteiger partial charge in [0, 0.05) is 18.1 Å². The molecule has 1 aromatic heterocycles. The molecule has 2 aromatic rings. The maximum atomic E-state index is 4.52. The third kappa shape index (κ3) is 2.32. The Morgan fingerprint density at radius 2 is 1.82 bits per heavy atom. The lowest BCUT2D eigenvalue weighted by molar-refractivity contribution is 0.221. The number of hydrogen-bond donors (Lipinski definition) is 0. The smallest absolute Gasteiger partial charge is 0.0746 e. The van der Waals surface area contributed by atoms with E-state index in [1.807, 2.05) is 12.3 Å². The number of aromatic nitrogens is 1. The zero-order valence-electron chi connectivity index (χ0n) is 10.1. The van der Waals surface area contributed by atoms with Crippen molar-refractivity contribution in [3.63, 3.8) is 0 Å². The van der Waals surface area contributed by atoms with E-state index in [-0.39, 0.29) is 0 Å². The Hall–Kier alpha value is -1.41. The van der Waals surface area contributed by atoms with Crippen LogP contribution in [0.15, 0.2) is 36.5 Å². The molecule has 2 heterocycles. The molecule has 1 saturated heterocycles. The first kappa shape index (κ1) is 10.7. The van der Waals surface area contributed by atoms with E-state index < -0.39 is 0 Å². The molecule has 0 aliphatic carbocycles. The van der Waals surface area contributed by atoms with Crippen LogP contribution in [0, 0.1) is 0 Å². The Kier molecular flexibility index (Phi) is 3.06. The van der Waals surface area contributed by atoms with E-state index >= 15 is 0 Å². The van der Waals surface area contributed by atoms with Crippen LogP contribution in [0.4, 0.5) is 0 Å². The Bertz CT molecular complexity index is 496. The predicted octanol–water partition coefficient (Wildman–Crippen LogP) is 3.22. The first-order valence-electron chi connectivity index (χ1n) is 6.48. The molecular formula is C15H18N2. The van der Waals surface area contributed by atoms with Crippen molar-refractivity contribution in [2.75, 3.05) is 13.1 Å². The van der Waals surface area contributed by atoms with Gasteiger partial charge in [-0.05, 0) is 37.6 Å². The molecule has 0 radical (unpaired) electrons. The Balaban J connectivity index is 1.89. The van der Waals surface area contributed by atoms with Crippen molar-refractivity contribution in [3.8, 4) is 0 Å². The van der Waals surface area contributed by atoms with E-state index in [4.69, 9.17) is 0 Å². The summed E-state index contributed by atoms with van der Waals surface area (Å²) in [6.07, 6.45) is 5.97. The highest BCUT2D eigenvalue weighted by Crippen LogP contribution is 2.19. The van der Waals surface area contributed by atoms with Gasteiger partial charge in [0.15, 0.2) is 0 Å². The summed E-state index contributed by atoms with van der Waals surface area (Å²) < 4.78 is 0. The van der Waals surface area contributed by atoms with Crippen LogP contribution in [0.3, 0.4) is 0 Å². The Morgan fingerprint density at radius 1 is 1.00 bits per heavy atom. The number of hydrogen-bond acceptors (Lipinski definition) is 2. The molecule has 1 aromatic carbocycles. The SMILES string of the molecule is c1cnc2c(CN3CCCCC3)cccc2c1. The van der Waals surface area contributed by atoms with E-state index in [1.54, 1.807) is 0 Å². The lowest BCUT2D eigenvalue weighted by Gasteiger charge is -2.26. The number of pyridine rings is 1. The van der Waals surface area contributed by atoms with Crippen LogP contribution in [-0.4, -0.2) is 23.0 Å². The molecule has 0 spiro atoms. The monoisotopic (exact) mass is 226 g/mol. The summed E-state index contributed by atoms with van der Waals surface area (Å²) in [5, 5.41) is 1.25. The Morgan fingerprint density at radius 3 is 2.71 bits per heavy atom. The van der Waals surface area contributed by atoms with Crippen molar-refractivity contribution < 1.29 is 0 Å². The van der Waals surface area contributed by atoms with E-state index in [0.717, 1.165) is 6.54 Å². The van der Waals surface area contributed by atoms with Crippen molar-refractivity contribution in [1.82, 2.24) is 9.88 Å². The second-order valence-corrected chi connectivity index (χ2v) is 4.83. The topological polar surface area (TPSA) is 16.1 Å². The summed E-state index contributed by atoms with van der Waals surface area (Å²) in [6, 6.07) is 10.6. The van der Waals surface area contributed by atoms with Gasteiger partial charge in [0.05, 0.1) is 5.52 Å². The number of benzene rings is 1. The van der Waals surface area contributed by atoms with E-state index in [1.165, 1.54) is 48.8 Å². The van der Waals surface area contributed by atoms with Crippen LogP contribution in [0.5, 0.6) is 0 Å². The highest BCUT2D eigenvalue weighted by atomic mass is 15.1. The van der Waals surface area contributed by atoms with Crippen molar-refractivity contribution in [2.24, 2.45) is 0 Å². The third-order valence-corrected chi connectivity index (χ3v) is 3.56. The second-order valence-electron chi connectivity index (χ2n) is 4.83. The molecular weight excluding hydrogens is 208 g/mol. The number of rotatable bonds is 2. The van der Waals surface area contributed by atoms with E-state index in [2.05, 4.69) is 34.1 Å². The predicted molar refractivity (Wildman–Crippen MR) is 70.9 cm³/mol. The van der Waals surface area contributed by atoms with Crippen LogP contribution in [0.25, 0.3) is 10.9 Å². The van der Waals surface area contributed by atoms with Gasteiger partial charge in [0.25, 0.3) is 0 Å². The third-order valence-electron chi connectivity index (χ3n) is 3.56. The quantitative estimate of drug-likeness (QED) is 0.781. The van der Waals surface area contributed by atoms with Crippen LogP contribution >= 0.6 is 0 Å². The average molecular weight is 226 g/mol. The largest absolute Gasteiger partial charge is 0.299 e. The highest BCUT2D eigenvalue weighted by Gasteiger charge is 2.11. The summed E-state index contributed by atoms with van der Waals surface area (Å²) >= 11 is 0. The molecule has 2 nitrogen and oxygen atoms in total. The summed E-state index contributed by atoms with van der Waals surface area (Å²) in [5.41, 5.74) is 2.53. The molecule has 1 fully saturated rings. The first-order chi connectivity index (χ1) is 8.43. The van der Waals surface area contributed by atoms with Crippen LogP contribution in [-0.2, 0) is 6.54 Å². The van der Waals surface area contributed by atoms with Gasteiger partial charge in [-0.2, -0.15) is 0 Å². The van der Waals surface area contributed by atoms with Gasteiger partial charge in [-0.25, -0.2) is 0 Å². The molecule has 0 amide bonds. The molecule has 1 aliphatic rings. The number of likely N-dealkylation sites (tertiary alicyclic amines) is 1. The zero-order valence-corrected chi connectivity index (χ0v) is 10.1. The highest BCUT2D eigenvalue weighted by molar-refractivity contribution is 5.81. The van der Waals surface area contributed by atoms with Crippen LogP contribution in [0.2, 0.25) is 0 Å². The minimum Gasteiger partial charge on any atom is -0.299 e. The fourth-order valence-corrected chi connectivity index (χ4v) is 2.65. The van der Waals surface area contributed by atoms with E-state index in [9.17, 15) is 0 Å². The lowest BCUT2D eigenvalue weighted by atomic mass is 10.1. The van der Waals surface area contributed by atoms with Gasteiger partial charge in [-0.3, -0.25) is 9.88 Å². The molecule has 0 saturated carbocycles. The summed E-state index contributed by atoms with van der Waals surface area (Å²) in [4.78, 5) is 7.07. The normalized spacial score (nSPS) is 17.4. The number of para-hydroxylation sites is 1. The van der Waals surface area contributed by atoms with Crippen molar-refractivity contribution in [2.45, 2.75) is 25.8 Å². The van der Waals surface area contributed by atoms with Gasteiger partial charge in [0.1, 0.15) is 0 Å². The van der Waals surface area contributed by atoms with Crippen LogP contribution in [0.1, 0.15) is 24.8 Å². The standard InChI is InChI=1S/C15H18N2/c1-2-10-17(11-3-1)12-14-7-4-6-13-8-5-9-16-15(13)14/h4-9H,1-3,10-12H2. The van der Waals surface area contributed by atoms with E-state index in [0.29, 0.717) is 0 Å². The molecule has 0 unspecified atom stereocenters. The number of nitrogens with zero attached hydrogens (tertiary/aromatic N) is 2. The van der Waals surface area contributed by atoms with Gasteiger partial charge in [-0.1, -0.05) is 30.7 Å². The summed E-state index contributed by atoms with van der Waals surface area (Å²) in [7, 11) is 0. The maximum Gasteiger partial charge on any atom is 0.0746 e. The van der Waals surface area contributed by atoms with Crippen molar-refractivity contribution in [1.29, 1.82) is 0 Å². The molecule has 0 bridgehead atoms. The fourth-order valence-electron chi connectivity index (χ4n) is 2.65. The second kappa shape index (κ2) is 4.84. The van der Waals surface area contributed by atoms with Crippen molar-refractivity contribution in [3.05, 3.63) is 42.1 Å². The minimum atomic E-state index is 1.05. The van der Waals surface area contributed by atoms with Gasteiger partial charge < -0.3 is 0 Å². The number of piperidine rings is 1. The van der Waals surface area contributed by atoms with Gasteiger partial charge in [-0.15, -0.1) is 0 Å². The molecule has 3 rings (SSSR count). The fraction of sp³-hybridized carbons (Fsp3) is 0.400. The summed E-state index contributed by atoms with van der Waals surface area (Å²) in [5.74, 6) is 0. The molecule has 88 valence electrons. The van der Waals surface area contributed by atoms with Gasteiger partial charge in [0.2, 0.25) is 0 Å². The molecule has 0 atom stereocenters.